The van der Waals surface area contributed by atoms with E-state index in [4.69, 9.17) is 0 Å². The van der Waals surface area contributed by atoms with E-state index in [0.717, 1.165) is 17.9 Å². The number of nitrogens with one attached hydrogen (secondary N) is 3. The zero-order chi connectivity index (χ0) is 25.9. The van der Waals surface area contributed by atoms with Gasteiger partial charge in [-0.25, -0.2) is 0 Å². The van der Waals surface area contributed by atoms with Crippen LogP contribution in [0.5, 0.6) is 0 Å². The van der Waals surface area contributed by atoms with Gasteiger partial charge in [-0.1, -0.05) is 38.5 Å². The number of amides is 3. The molecule has 1 aromatic rings. The monoisotopic (exact) mass is 491 g/mol. The number of fused-ring (bicyclic) bond motifs is 5. The highest BCUT2D eigenvalue weighted by Gasteiger charge is 2.58. The Bertz CT molecular complexity index is 1110. The Morgan fingerprint density at radius 1 is 1.00 bits per heavy atom. The molecule has 3 aliphatic carbocycles. The quantitative estimate of drug-likeness (QED) is 0.515. The first-order chi connectivity index (χ1) is 16.9. The Morgan fingerprint density at radius 3 is 2.42 bits per heavy atom. The minimum Gasteiger partial charge on any atom is -0.348 e. The topological polar surface area (TPSA) is 87.3 Å². The van der Waals surface area contributed by atoms with Crippen molar-refractivity contribution in [2.75, 3.05) is 5.32 Å². The number of hydrogen-bond acceptors (Lipinski definition) is 3. The Balaban J connectivity index is 1.38. The molecule has 36 heavy (non-hydrogen) atoms. The molecule has 5 rings (SSSR count). The van der Waals surface area contributed by atoms with E-state index in [1.165, 1.54) is 45.4 Å². The van der Waals surface area contributed by atoms with Crippen LogP contribution in [0.3, 0.4) is 0 Å². The molecule has 6 atom stereocenters. The second kappa shape index (κ2) is 8.74. The minimum atomic E-state index is -0.684. The summed E-state index contributed by atoms with van der Waals surface area (Å²) in [6.45, 7) is 10.1. The average Bonchev–Trinajstić information content (AvgIpc) is 3.20. The predicted molar refractivity (Wildman–Crippen MR) is 141 cm³/mol. The molecular formula is C30H41N3O3. The molecule has 1 unspecified atom stereocenters. The molecule has 3 saturated carbocycles. The van der Waals surface area contributed by atoms with Gasteiger partial charge in [0.1, 0.15) is 5.57 Å². The summed E-state index contributed by atoms with van der Waals surface area (Å²) in [6, 6.07) is 7.54. The molecule has 1 aromatic carbocycles. The van der Waals surface area contributed by atoms with Crippen LogP contribution in [0.4, 0.5) is 5.69 Å². The zero-order valence-corrected chi connectivity index (χ0v) is 22.4. The van der Waals surface area contributed by atoms with Gasteiger partial charge in [-0.3, -0.25) is 14.4 Å². The van der Waals surface area contributed by atoms with Crippen LogP contribution in [0.1, 0.15) is 85.1 Å². The number of rotatable bonds is 4. The highest BCUT2D eigenvalue weighted by molar-refractivity contribution is 6.19. The van der Waals surface area contributed by atoms with Gasteiger partial charge in [0.15, 0.2) is 0 Å². The molecule has 3 amide bonds. The van der Waals surface area contributed by atoms with Gasteiger partial charge in [0, 0.05) is 24.1 Å². The zero-order valence-electron chi connectivity index (χ0n) is 22.4. The number of carbonyl (C=O) groups is 3. The Labute approximate surface area is 215 Å². The largest absolute Gasteiger partial charge is 0.348 e. The molecule has 0 bridgehead atoms. The van der Waals surface area contributed by atoms with Crippen molar-refractivity contribution in [2.24, 2.45) is 28.6 Å². The van der Waals surface area contributed by atoms with Gasteiger partial charge < -0.3 is 16.0 Å². The lowest BCUT2D eigenvalue weighted by Crippen LogP contribution is -2.61. The smallest absolute Gasteiger partial charge is 0.257 e. The molecule has 0 radical (unpaired) electrons. The van der Waals surface area contributed by atoms with Crippen LogP contribution < -0.4 is 16.0 Å². The molecule has 0 spiro atoms. The highest BCUT2D eigenvalue weighted by Crippen LogP contribution is 2.63. The lowest BCUT2D eigenvalue weighted by Gasteiger charge is -2.58. The first-order valence-electron chi connectivity index (χ1n) is 13.7. The van der Waals surface area contributed by atoms with Crippen molar-refractivity contribution in [1.29, 1.82) is 0 Å². The standard InChI is InChI=1S/C30H41N3O3/c1-18(34)31-20-10-8-19(9-11-20)28(2,3)33-27(36)22-17-30(5)24-14-16-29(4)15-6-7-23(29)21(24)12-13-25(30)32-26(22)35/h8-11,17,21,23-25H,6-7,12-16H2,1-5H3,(H,31,34)(H,32,35)(H,33,36)/t21-,23-,24+,25?,29-,30+/m0/s1. The summed E-state index contributed by atoms with van der Waals surface area (Å²) < 4.78 is 0. The van der Waals surface area contributed by atoms with E-state index < -0.39 is 5.54 Å². The van der Waals surface area contributed by atoms with E-state index in [9.17, 15) is 14.4 Å². The van der Waals surface area contributed by atoms with Gasteiger partial charge in [-0.15, -0.1) is 0 Å². The summed E-state index contributed by atoms with van der Waals surface area (Å²) in [5, 5.41) is 9.10. The maximum Gasteiger partial charge on any atom is 0.257 e. The molecular weight excluding hydrogens is 450 g/mol. The van der Waals surface area contributed by atoms with Crippen molar-refractivity contribution in [3.63, 3.8) is 0 Å². The molecule has 3 fully saturated rings. The Morgan fingerprint density at radius 2 is 1.72 bits per heavy atom. The first kappa shape index (κ1) is 25.0. The molecule has 1 aliphatic heterocycles. The fourth-order valence-corrected chi connectivity index (χ4v) is 8.20. The van der Waals surface area contributed by atoms with E-state index in [-0.39, 0.29) is 34.8 Å². The molecule has 0 saturated heterocycles. The Kier molecular flexibility index (Phi) is 6.08. The third-order valence-corrected chi connectivity index (χ3v) is 10.2. The van der Waals surface area contributed by atoms with Crippen molar-refractivity contribution >= 4 is 23.4 Å². The second-order valence-corrected chi connectivity index (χ2v) is 12.8. The second-order valence-electron chi connectivity index (χ2n) is 12.8. The van der Waals surface area contributed by atoms with Gasteiger partial charge in [-0.05, 0) is 93.2 Å². The fraction of sp³-hybridized carbons (Fsp3) is 0.633. The maximum absolute atomic E-state index is 13.5. The lowest BCUT2D eigenvalue weighted by atomic mass is 9.48. The number of anilines is 1. The van der Waals surface area contributed by atoms with E-state index in [1.807, 2.05) is 44.2 Å². The summed E-state index contributed by atoms with van der Waals surface area (Å²) in [4.78, 5) is 38.0. The van der Waals surface area contributed by atoms with Crippen LogP contribution in [0.25, 0.3) is 0 Å². The average molecular weight is 492 g/mol. The third-order valence-electron chi connectivity index (χ3n) is 10.2. The third kappa shape index (κ3) is 4.16. The molecule has 6 heteroatoms. The van der Waals surface area contributed by atoms with E-state index in [0.29, 0.717) is 22.9 Å². The van der Waals surface area contributed by atoms with Crippen LogP contribution in [-0.2, 0) is 19.9 Å². The summed E-state index contributed by atoms with van der Waals surface area (Å²) in [7, 11) is 0. The van der Waals surface area contributed by atoms with Crippen molar-refractivity contribution in [2.45, 2.75) is 91.1 Å². The summed E-state index contributed by atoms with van der Waals surface area (Å²) >= 11 is 0. The summed E-state index contributed by atoms with van der Waals surface area (Å²) in [6.07, 6.45) is 10.7. The van der Waals surface area contributed by atoms with Crippen LogP contribution in [0.15, 0.2) is 35.9 Å². The Hall–Kier alpha value is -2.63. The van der Waals surface area contributed by atoms with Crippen LogP contribution in [0.2, 0.25) is 0 Å². The SMILES string of the molecule is CC(=O)Nc1ccc(C(C)(C)NC(=O)C2=C[C@@]3(C)C(CC[C@@H]4[C@H]3CC[C@]3(C)CCC[C@@H]43)NC2=O)cc1. The normalized spacial score (nSPS) is 35.5. The van der Waals surface area contributed by atoms with E-state index >= 15 is 0 Å². The number of carbonyl (C=O) groups excluding carboxylic acids is 3. The predicted octanol–water partition coefficient (Wildman–Crippen LogP) is 5.05. The van der Waals surface area contributed by atoms with Gasteiger partial charge in [0.25, 0.3) is 11.8 Å². The van der Waals surface area contributed by atoms with Gasteiger partial charge >= 0.3 is 0 Å². The summed E-state index contributed by atoms with van der Waals surface area (Å²) in [5.41, 5.74) is 1.45. The fourth-order valence-electron chi connectivity index (χ4n) is 8.20. The van der Waals surface area contributed by atoms with Gasteiger partial charge in [0.05, 0.1) is 5.54 Å². The molecule has 0 aromatic heterocycles. The van der Waals surface area contributed by atoms with Crippen molar-refractivity contribution in [3.8, 4) is 0 Å². The number of hydrogen-bond donors (Lipinski definition) is 3. The minimum absolute atomic E-state index is 0.0999. The first-order valence-corrected chi connectivity index (χ1v) is 13.7. The molecule has 1 heterocycles. The molecule has 6 nitrogen and oxygen atoms in total. The van der Waals surface area contributed by atoms with Crippen molar-refractivity contribution in [3.05, 3.63) is 41.5 Å². The lowest BCUT2D eigenvalue weighted by molar-refractivity contribution is -0.128. The number of benzene rings is 1. The van der Waals surface area contributed by atoms with Crippen molar-refractivity contribution < 1.29 is 14.4 Å². The maximum atomic E-state index is 13.5. The summed E-state index contributed by atoms with van der Waals surface area (Å²) in [5.74, 6) is 1.25. The van der Waals surface area contributed by atoms with Gasteiger partial charge in [-0.2, -0.15) is 0 Å². The van der Waals surface area contributed by atoms with E-state index in [2.05, 4.69) is 29.8 Å². The van der Waals surface area contributed by atoms with E-state index in [1.54, 1.807) is 0 Å². The molecule has 194 valence electrons. The van der Waals surface area contributed by atoms with Crippen LogP contribution >= 0.6 is 0 Å². The van der Waals surface area contributed by atoms with Crippen LogP contribution in [0, 0.1) is 28.6 Å². The van der Waals surface area contributed by atoms with Crippen molar-refractivity contribution in [1.82, 2.24) is 10.6 Å². The molecule has 3 N–H and O–H groups in total. The van der Waals surface area contributed by atoms with Gasteiger partial charge in [0.2, 0.25) is 5.91 Å². The highest BCUT2D eigenvalue weighted by atomic mass is 16.2. The molecule has 4 aliphatic rings. The van der Waals surface area contributed by atoms with Crippen LogP contribution in [-0.4, -0.2) is 23.8 Å².